The number of fused-ring (bicyclic) bond motifs is 1. The summed E-state index contributed by atoms with van der Waals surface area (Å²) >= 11 is 5.89. The van der Waals surface area contributed by atoms with Crippen LogP contribution in [0.2, 0.25) is 5.15 Å². The van der Waals surface area contributed by atoms with Crippen molar-refractivity contribution in [2.24, 2.45) is 5.84 Å². The third-order valence-electron chi connectivity index (χ3n) is 2.27. The Kier molecular flexibility index (Phi) is 2.57. The number of nitrogens with two attached hydrogens (primary N) is 2. The number of pyridine rings is 1. The van der Waals surface area contributed by atoms with E-state index >= 15 is 0 Å². The molecular formula is C10H10ClFN4. The van der Waals surface area contributed by atoms with Crippen molar-refractivity contribution in [3.63, 3.8) is 0 Å². The fourth-order valence-corrected chi connectivity index (χ4v) is 1.87. The van der Waals surface area contributed by atoms with Crippen LogP contribution in [-0.2, 0) is 0 Å². The number of hydrogen-bond acceptors (Lipinski definition) is 4. The summed E-state index contributed by atoms with van der Waals surface area (Å²) in [7, 11) is 1.63. The first-order valence-electron chi connectivity index (χ1n) is 4.53. The molecule has 0 aliphatic heterocycles. The van der Waals surface area contributed by atoms with Crippen molar-refractivity contribution < 1.29 is 4.39 Å². The second-order valence-corrected chi connectivity index (χ2v) is 3.80. The van der Waals surface area contributed by atoms with E-state index in [1.807, 2.05) is 0 Å². The van der Waals surface area contributed by atoms with E-state index in [-0.39, 0.29) is 16.8 Å². The standard InChI is InChI=1S/C10H10ClFN4/c1-16(14)8-6-3-2-5(12)4-7(6)9(11)15-10(8)13/h2-4H,14H2,1H3,(H2,13,15). The van der Waals surface area contributed by atoms with Crippen LogP contribution >= 0.6 is 11.6 Å². The fourth-order valence-electron chi connectivity index (χ4n) is 1.62. The number of aromatic nitrogens is 1. The molecular weight excluding hydrogens is 231 g/mol. The lowest BCUT2D eigenvalue weighted by Crippen LogP contribution is -2.26. The number of nitrogens with zero attached hydrogens (tertiary/aromatic N) is 2. The van der Waals surface area contributed by atoms with E-state index in [1.165, 1.54) is 17.1 Å². The first-order chi connectivity index (χ1) is 7.50. The molecule has 0 amide bonds. The molecule has 0 aliphatic carbocycles. The average molecular weight is 241 g/mol. The number of anilines is 2. The summed E-state index contributed by atoms with van der Waals surface area (Å²) in [4.78, 5) is 3.92. The summed E-state index contributed by atoms with van der Waals surface area (Å²) < 4.78 is 13.1. The van der Waals surface area contributed by atoms with Gasteiger partial charge in [0.05, 0.1) is 0 Å². The minimum absolute atomic E-state index is 0.164. The van der Waals surface area contributed by atoms with Gasteiger partial charge in [0.1, 0.15) is 16.7 Å². The molecule has 2 aromatic rings. The maximum Gasteiger partial charge on any atom is 0.150 e. The van der Waals surface area contributed by atoms with Crippen LogP contribution in [0.3, 0.4) is 0 Å². The lowest BCUT2D eigenvalue weighted by molar-refractivity contribution is 0.629. The fraction of sp³-hybridized carbons (Fsp3) is 0.100. The van der Waals surface area contributed by atoms with E-state index in [2.05, 4.69) is 4.98 Å². The maximum absolute atomic E-state index is 13.1. The van der Waals surface area contributed by atoms with Crippen LogP contribution in [0.5, 0.6) is 0 Å². The van der Waals surface area contributed by atoms with Gasteiger partial charge in [0.25, 0.3) is 0 Å². The Morgan fingerprint density at radius 1 is 1.38 bits per heavy atom. The van der Waals surface area contributed by atoms with Gasteiger partial charge in [-0.2, -0.15) is 0 Å². The van der Waals surface area contributed by atoms with Crippen molar-refractivity contribution in [2.75, 3.05) is 17.8 Å². The van der Waals surface area contributed by atoms with Gasteiger partial charge in [0.2, 0.25) is 0 Å². The van der Waals surface area contributed by atoms with Crippen LogP contribution in [-0.4, -0.2) is 12.0 Å². The molecule has 4 N–H and O–H groups in total. The topological polar surface area (TPSA) is 68.2 Å². The van der Waals surface area contributed by atoms with Crippen molar-refractivity contribution in [1.29, 1.82) is 0 Å². The number of halogens is 2. The van der Waals surface area contributed by atoms with Gasteiger partial charge >= 0.3 is 0 Å². The second-order valence-electron chi connectivity index (χ2n) is 3.44. The average Bonchev–Trinajstić information content (AvgIpc) is 2.18. The van der Waals surface area contributed by atoms with Crippen LogP contribution in [0, 0.1) is 5.82 Å². The van der Waals surface area contributed by atoms with Gasteiger partial charge in [-0.1, -0.05) is 11.6 Å². The summed E-state index contributed by atoms with van der Waals surface area (Å²) in [6, 6.07) is 4.20. The lowest BCUT2D eigenvalue weighted by Gasteiger charge is -2.17. The largest absolute Gasteiger partial charge is 0.382 e. The van der Waals surface area contributed by atoms with E-state index in [9.17, 15) is 4.39 Å². The van der Waals surface area contributed by atoms with Crippen LogP contribution in [0.15, 0.2) is 18.2 Å². The highest BCUT2D eigenvalue weighted by Gasteiger charge is 2.13. The summed E-state index contributed by atoms with van der Waals surface area (Å²) in [5.41, 5.74) is 6.24. The molecule has 0 aliphatic rings. The SMILES string of the molecule is CN(N)c1c(N)nc(Cl)c2cc(F)ccc12. The summed E-state index contributed by atoms with van der Waals surface area (Å²) in [6.07, 6.45) is 0. The Balaban J connectivity index is 2.90. The molecule has 4 nitrogen and oxygen atoms in total. The van der Waals surface area contributed by atoms with E-state index in [0.717, 1.165) is 0 Å². The highest BCUT2D eigenvalue weighted by molar-refractivity contribution is 6.35. The zero-order chi connectivity index (χ0) is 11.9. The molecule has 0 fully saturated rings. The van der Waals surface area contributed by atoms with Gasteiger partial charge in [-0.05, 0) is 18.2 Å². The van der Waals surface area contributed by atoms with Crippen molar-refractivity contribution in [3.8, 4) is 0 Å². The summed E-state index contributed by atoms with van der Waals surface area (Å²) in [5, 5.41) is 2.66. The number of hydrazine groups is 1. The Morgan fingerprint density at radius 2 is 2.06 bits per heavy atom. The molecule has 0 saturated heterocycles. The van der Waals surface area contributed by atoms with Crippen molar-refractivity contribution >= 4 is 33.9 Å². The van der Waals surface area contributed by atoms with Crippen LogP contribution in [0.4, 0.5) is 15.9 Å². The highest BCUT2D eigenvalue weighted by Crippen LogP contribution is 2.33. The zero-order valence-electron chi connectivity index (χ0n) is 8.54. The first kappa shape index (κ1) is 10.9. The quantitative estimate of drug-likeness (QED) is 0.454. The summed E-state index contributed by atoms with van der Waals surface area (Å²) in [5.74, 6) is 5.48. The van der Waals surface area contributed by atoms with E-state index in [4.69, 9.17) is 23.2 Å². The Hall–Kier alpha value is -1.59. The first-order valence-corrected chi connectivity index (χ1v) is 4.91. The third kappa shape index (κ3) is 1.64. The molecule has 2 rings (SSSR count). The second kappa shape index (κ2) is 3.77. The van der Waals surface area contributed by atoms with Crippen LogP contribution in [0.1, 0.15) is 0 Å². The number of rotatable bonds is 1. The van der Waals surface area contributed by atoms with E-state index in [1.54, 1.807) is 13.1 Å². The van der Waals surface area contributed by atoms with Crippen LogP contribution in [0.25, 0.3) is 10.8 Å². The Labute approximate surface area is 96.6 Å². The predicted octanol–water partition coefficient (Wildman–Crippen LogP) is 1.92. The van der Waals surface area contributed by atoms with Gasteiger partial charge in [-0.15, -0.1) is 0 Å². The Bertz CT molecular complexity index is 556. The zero-order valence-corrected chi connectivity index (χ0v) is 9.29. The number of nitrogen functional groups attached to an aromatic ring is 1. The smallest absolute Gasteiger partial charge is 0.150 e. The molecule has 1 aromatic heterocycles. The minimum Gasteiger partial charge on any atom is -0.382 e. The van der Waals surface area contributed by atoms with Crippen molar-refractivity contribution in [2.45, 2.75) is 0 Å². The van der Waals surface area contributed by atoms with Crippen molar-refractivity contribution in [1.82, 2.24) is 4.98 Å². The number of benzene rings is 1. The molecule has 0 saturated carbocycles. The molecule has 0 spiro atoms. The Morgan fingerprint density at radius 3 is 2.69 bits per heavy atom. The lowest BCUT2D eigenvalue weighted by atomic mass is 10.1. The molecule has 6 heteroatoms. The normalized spacial score (nSPS) is 10.8. The molecule has 84 valence electrons. The molecule has 1 heterocycles. The van der Waals surface area contributed by atoms with Gasteiger partial charge in [0.15, 0.2) is 5.82 Å². The number of hydrogen-bond donors (Lipinski definition) is 2. The molecule has 1 aromatic carbocycles. The van der Waals surface area contributed by atoms with Crippen molar-refractivity contribution in [3.05, 3.63) is 29.2 Å². The van der Waals surface area contributed by atoms with Crippen LogP contribution < -0.4 is 16.6 Å². The van der Waals surface area contributed by atoms with Gasteiger partial charge in [0, 0.05) is 17.8 Å². The molecule has 0 unspecified atom stereocenters. The molecule has 0 radical (unpaired) electrons. The van der Waals surface area contributed by atoms with Gasteiger partial charge in [-0.3, -0.25) is 0 Å². The molecule has 16 heavy (non-hydrogen) atoms. The van der Waals surface area contributed by atoms with E-state index < -0.39 is 0 Å². The van der Waals surface area contributed by atoms with E-state index in [0.29, 0.717) is 16.5 Å². The van der Waals surface area contributed by atoms with Gasteiger partial charge in [-0.25, -0.2) is 15.2 Å². The maximum atomic E-state index is 13.1. The molecule has 0 atom stereocenters. The monoisotopic (exact) mass is 240 g/mol. The summed E-state index contributed by atoms with van der Waals surface area (Å²) in [6.45, 7) is 0. The van der Waals surface area contributed by atoms with Gasteiger partial charge < -0.3 is 10.7 Å². The predicted molar refractivity (Wildman–Crippen MR) is 63.7 cm³/mol. The highest BCUT2D eigenvalue weighted by atomic mass is 35.5. The third-order valence-corrected chi connectivity index (χ3v) is 2.56. The minimum atomic E-state index is -0.383. The molecule has 0 bridgehead atoms.